The molecule has 1 aliphatic heterocycles. The van der Waals surface area contributed by atoms with E-state index < -0.39 is 0 Å². The first-order valence-electron chi connectivity index (χ1n) is 10.00. The number of guanidine groups is 1. The summed E-state index contributed by atoms with van der Waals surface area (Å²) in [4.78, 5) is 11.6. The number of hydrogen-bond donors (Lipinski definition) is 1. The van der Waals surface area contributed by atoms with Crippen LogP contribution in [0.2, 0.25) is 0 Å². The Labute approximate surface area is 201 Å². The number of aromatic nitrogens is 1. The number of rotatable bonds is 5. The molecule has 0 unspecified atom stereocenters. The van der Waals surface area contributed by atoms with Gasteiger partial charge in [-0.05, 0) is 29.7 Å². The zero-order valence-electron chi connectivity index (χ0n) is 18.7. The van der Waals surface area contributed by atoms with Gasteiger partial charge < -0.3 is 19.7 Å². The van der Waals surface area contributed by atoms with Crippen LogP contribution in [-0.2, 0) is 24.8 Å². The molecule has 1 N–H and O–H groups in total. The fourth-order valence-electron chi connectivity index (χ4n) is 3.45. The highest BCUT2D eigenvalue weighted by atomic mass is 127. The van der Waals surface area contributed by atoms with E-state index in [-0.39, 0.29) is 29.4 Å². The number of thiazole rings is 1. The standard InChI is InChI=1S/C22H32N4O2S.HI/c1-22(2,3)19-14-29-20(25-19)7-9-24-21(23-4)26-10-8-15-11-17(27-5)18(28-6)12-16(15)13-26;/h11-12,14H,7-10,13H2,1-6H3,(H,23,24);1H. The second kappa shape index (κ2) is 10.7. The number of benzene rings is 1. The first-order valence-corrected chi connectivity index (χ1v) is 10.9. The Balaban J connectivity index is 0.00000320. The summed E-state index contributed by atoms with van der Waals surface area (Å²) >= 11 is 1.74. The second-order valence-corrected chi connectivity index (χ2v) is 9.19. The number of nitrogens with zero attached hydrogens (tertiary/aromatic N) is 3. The normalized spacial score (nSPS) is 14.1. The summed E-state index contributed by atoms with van der Waals surface area (Å²) in [5.74, 6) is 2.49. The maximum absolute atomic E-state index is 5.47. The number of ether oxygens (including phenoxy) is 2. The first-order chi connectivity index (χ1) is 13.9. The zero-order chi connectivity index (χ0) is 21.0. The summed E-state index contributed by atoms with van der Waals surface area (Å²) < 4.78 is 10.9. The van der Waals surface area contributed by atoms with Crippen LogP contribution in [0.25, 0.3) is 0 Å². The predicted molar refractivity (Wildman–Crippen MR) is 135 cm³/mol. The molecule has 0 saturated heterocycles. The highest BCUT2D eigenvalue weighted by molar-refractivity contribution is 14.0. The van der Waals surface area contributed by atoms with E-state index in [1.54, 1.807) is 25.6 Å². The molecule has 0 spiro atoms. The number of aliphatic imine (C=N–C) groups is 1. The summed E-state index contributed by atoms with van der Waals surface area (Å²) in [5.41, 5.74) is 3.83. The van der Waals surface area contributed by atoms with E-state index in [4.69, 9.17) is 14.5 Å². The van der Waals surface area contributed by atoms with Gasteiger partial charge in [-0.3, -0.25) is 4.99 Å². The molecule has 30 heavy (non-hydrogen) atoms. The Morgan fingerprint density at radius 3 is 2.43 bits per heavy atom. The van der Waals surface area contributed by atoms with Crippen LogP contribution >= 0.6 is 35.3 Å². The van der Waals surface area contributed by atoms with Crippen molar-refractivity contribution in [1.82, 2.24) is 15.2 Å². The van der Waals surface area contributed by atoms with E-state index in [1.807, 2.05) is 7.05 Å². The molecule has 0 atom stereocenters. The van der Waals surface area contributed by atoms with Crippen LogP contribution in [0.3, 0.4) is 0 Å². The van der Waals surface area contributed by atoms with Gasteiger partial charge in [0.2, 0.25) is 0 Å². The van der Waals surface area contributed by atoms with E-state index >= 15 is 0 Å². The Morgan fingerprint density at radius 2 is 1.87 bits per heavy atom. The predicted octanol–water partition coefficient (Wildman–Crippen LogP) is 4.25. The lowest BCUT2D eigenvalue weighted by Gasteiger charge is -2.32. The molecule has 0 bridgehead atoms. The third kappa shape index (κ3) is 5.78. The molecular formula is C22H33IN4O2S. The monoisotopic (exact) mass is 544 g/mol. The smallest absolute Gasteiger partial charge is 0.193 e. The van der Waals surface area contributed by atoms with Crippen molar-refractivity contribution < 1.29 is 9.47 Å². The van der Waals surface area contributed by atoms with E-state index in [1.165, 1.54) is 21.8 Å². The molecule has 3 rings (SSSR count). The van der Waals surface area contributed by atoms with Gasteiger partial charge in [0, 0.05) is 43.9 Å². The molecule has 2 aromatic rings. The molecule has 1 aromatic heterocycles. The van der Waals surface area contributed by atoms with Gasteiger partial charge in [-0.2, -0.15) is 0 Å². The highest BCUT2D eigenvalue weighted by Gasteiger charge is 2.22. The van der Waals surface area contributed by atoms with Crippen molar-refractivity contribution in [2.45, 2.75) is 45.6 Å². The maximum atomic E-state index is 5.47. The van der Waals surface area contributed by atoms with Crippen molar-refractivity contribution in [3.05, 3.63) is 39.3 Å². The minimum absolute atomic E-state index is 0. The maximum Gasteiger partial charge on any atom is 0.193 e. The van der Waals surface area contributed by atoms with Crippen LogP contribution in [0.5, 0.6) is 11.5 Å². The first kappa shape index (κ1) is 24.7. The molecule has 1 aromatic carbocycles. The molecule has 8 heteroatoms. The van der Waals surface area contributed by atoms with Crippen molar-refractivity contribution in [1.29, 1.82) is 0 Å². The third-order valence-corrected chi connectivity index (χ3v) is 6.08. The van der Waals surface area contributed by atoms with Crippen molar-refractivity contribution >= 4 is 41.3 Å². The molecule has 0 aliphatic carbocycles. The molecule has 0 saturated carbocycles. The molecule has 0 radical (unpaired) electrons. The van der Waals surface area contributed by atoms with Crippen LogP contribution < -0.4 is 14.8 Å². The Hall–Kier alpha value is -1.55. The quantitative estimate of drug-likeness (QED) is 0.347. The number of hydrogen-bond acceptors (Lipinski definition) is 5. The zero-order valence-corrected chi connectivity index (χ0v) is 21.9. The number of fused-ring (bicyclic) bond motifs is 1. The fourth-order valence-corrected chi connectivity index (χ4v) is 4.47. The topological polar surface area (TPSA) is 59.0 Å². The molecule has 0 fully saturated rings. The lowest BCUT2D eigenvalue weighted by atomic mass is 9.93. The summed E-state index contributed by atoms with van der Waals surface area (Å²) in [7, 11) is 5.20. The van der Waals surface area contributed by atoms with E-state index in [2.05, 4.69) is 53.5 Å². The van der Waals surface area contributed by atoms with Gasteiger partial charge >= 0.3 is 0 Å². The Bertz CT molecular complexity index is 877. The largest absolute Gasteiger partial charge is 0.493 e. The van der Waals surface area contributed by atoms with Gasteiger partial charge in [-0.1, -0.05) is 20.8 Å². The van der Waals surface area contributed by atoms with Gasteiger partial charge in [-0.25, -0.2) is 4.98 Å². The van der Waals surface area contributed by atoms with E-state index in [0.29, 0.717) is 0 Å². The molecule has 6 nitrogen and oxygen atoms in total. The molecule has 1 aliphatic rings. The van der Waals surface area contributed by atoms with Crippen molar-refractivity contribution in [2.75, 3.05) is 34.4 Å². The minimum Gasteiger partial charge on any atom is -0.493 e. The van der Waals surface area contributed by atoms with Crippen LogP contribution in [0.4, 0.5) is 0 Å². The highest BCUT2D eigenvalue weighted by Crippen LogP contribution is 2.33. The second-order valence-electron chi connectivity index (χ2n) is 8.25. The van der Waals surface area contributed by atoms with Gasteiger partial charge in [0.15, 0.2) is 17.5 Å². The van der Waals surface area contributed by atoms with E-state index in [0.717, 1.165) is 49.9 Å². The fraction of sp³-hybridized carbons (Fsp3) is 0.545. The van der Waals surface area contributed by atoms with Gasteiger partial charge in [0.05, 0.1) is 24.9 Å². The van der Waals surface area contributed by atoms with Crippen molar-refractivity contribution in [3.8, 4) is 11.5 Å². The van der Waals surface area contributed by atoms with Gasteiger partial charge in [-0.15, -0.1) is 35.3 Å². The Kier molecular flexibility index (Phi) is 8.78. The lowest BCUT2D eigenvalue weighted by molar-refractivity contribution is 0.346. The lowest BCUT2D eigenvalue weighted by Crippen LogP contribution is -2.44. The van der Waals surface area contributed by atoms with Crippen LogP contribution in [0.15, 0.2) is 22.5 Å². The minimum atomic E-state index is 0. The summed E-state index contributed by atoms with van der Waals surface area (Å²) in [6.45, 7) is 9.15. The average molecular weight is 545 g/mol. The Morgan fingerprint density at radius 1 is 1.20 bits per heavy atom. The number of nitrogens with one attached hydrogen (secondary N) is 1. The molecular weight excluding hydrogens is 511 g/mol. The van der Waals surface area contributed by atoms with Crippen molar-refractivity contribution in [3.63, 3.8) is 0 Å². The van der Waals surface area contributed by atoms with Crippen LogP contribution in [0, 0.1) is 0 Å². The van der Waals surface area contributed by atoms with Crippen LogP contribution in [-0.4, -0.2) is 50.2 Å². The number of halogens is 1. The SMILES string of the molecule is CN=C(NCCc1nc(C(C)(C)C)cs1)N1CCc2cc(OC)c(OC)cc2C1.I. The molecule has 166 valence electrons. The average Bonchev–Trinajstić information content (AvgIpc) is 3.19. The van der Waals surface area contributed by atoms with Crippen molar-refractivity contribution in [2.24, 2.45) is 4.99 Å². The molecule has 0 amide bonds. The summed E-state index contributed by atoms with van der Waals surface area (Å²) in [6, 6.07) is 4.17. The third-order valence-electron chi connectivity index (χ3n) is 5.17. The van der Waals surface area contributed by atoms with Crippen LogP contribution in [0.1, 0.15) is 42.6 Å². The summed E-state index contributed by atoms with van der Waals surface area (Å²) in [5, 5.41) is 6.84. The van der Waals surface area contributed by atoms with Gasteiger partial charge in [0.25, 0.3) is 0 Å². The van der Waals surface area contributed by atoms with Gasteiger partial charge in [0.1, 0.15) is 0 Å². The van der Waals surface area contributed by atoms with E-state index in [9.17, 15) is 0 Å². The summed E-state index contributed by atoms with van der Waals surface area (Å²) in [6.07, 6.45) is 1.85. The molecule has 2 heterocycles. The number of methoxy groups -OCH3 is 2.